The zero-order chi connectivity index (χ0) is 13.7. The highest BCUT2D eigenvalue weighted by Gasteiger charge is 2.02. The van der Waals surface area contributed by atoms with E-state index in [9.17, 15) is 0 Å². The van der Waals surface area contributed by atoms with E-state index >= 15 is 0 Å². The molecule has 100 valence electrons. The minimum atomic E-state index is 0.495. The molecule has 0 radical (unpaired) electrons. The molecule has 1 heterocycles. The average Bonchev–Trinajstić information content (AvgIpc) is 2.86. The number of hydrogen-bond acceptors (Lipinski definition) is 3. The van der Waals surface area contributed by atoms with Crippen molar-refractivity contribution in [2.45, 2.75) is 13.5 Å². The summed E-state index contributed by atoms with van der Waals surface area (Å²) in [4.78, 5) is 0. The fraction of sp³-hybridized carbons (Fsp3) is 0.231. The third kappa shape index (κ3) is 3.69. The molecule has 0 atom stereocenters. The van der Waals surface area contributed by atoms with E-state index in [1.54, 1.807) is 7.11 Å². The molecule has 6 heteroatoms. The van der Waals surface area contributed by atoms with Gasteiger partial charge in [-0.25, -0.2) is 0 Å². The van der Waals surface area contributed by atoms with E-state index in [-0.39, 0.29) is 0 Å². The molecule has 0 unspecified atom stereocenters. The lowest BCUT2D eigenvalue weighted by molar-refractivity contribution is 0.415. The van der Waals surface area contributed by atoms with Gasteiger partial charge in [0, 0.05) is 30.6 Å². The minimum Gasteiger partial charge on any atom is -0.497 e. The van der Waals surface area contributed by atoms with E-state index in [4.69, 9.17) is 17.0 Å². The molecule has 0 aliphatic rings. The molecule has 1 aromatic carbocycles. The van der Waals surface area contributed by atoms with Gasteiger partial charge in [-0.1, -0.05) is 6.07 Å². The summed E-state index contributed by atoms with van der Waals surface area (Å²) in [7, 11) is 1.63. The third-order valence-electron chi connectivity index (χ3n) is 2.53. The monoisotopic (exact) mass is 276 g/mol. The van der Waals surface area contributed by atoms with Crippen molar-refractivity contribution in [3.63, 3.8) is 0 Å². The van der Waals surface area contributed by atoms with Crippen molar-refractivity contribution < 1.29 is 4.74 Å². The fourth-order valence-corrected chi connectivity index (χ4v) is 1.81. The van der Waals surface area contributed by atoms with Crippen molar-refractivity contribution >= 4 is 28.8 Å². The molecule has 0 spiro atoms. The summed E-state index contributed by atoms with van der Waals surface area (Å²) in [5.41, 5.74) is 0.867. The number of thiocarbonyl (C=S) groups is 1. The van der Waals surface area contributed by atoms with Crippen LogP contribution in [0.15, 0.2) is 36.5 Å². The van der Waals surface area contributed by atoms with E-state index in [2.05, 4.69) is 15.7 Å². The second kappa shape index (κ2) is 6.19. The van der Waals surface area contributed by atoms with Crippen molar-refractivity contribution in [1.29, 1.82) is 0 Å². The van der Waals surface area contributed by atoms with Crippen molar-refractivity contribution in [3.05, 3.63) is 36.5 Å². The van der Waals surface area contributed by atoms with Gasteiger partial charge < -0.3 is 15.4 Å². The first-order valence-electron chi connectivity index (χ1n) is 5.97. The predicted molar refractivity (Wildman–Crippen MR) is 80.7 cm³/mol. The summed E-state index contributed by atoms with van der Waals surface area (Å²) < 4.78 is 6.98. The summed E-state index contributed by atoms with van der Waals surface area (Å²) >= 11 is 5.23. The Kier molecular flexibility index (Phi) is 4.35. The molecule has 19 heavy (non-hydrogen) atoms. The summed E-state index contributed by atoms with van der Waals surface area (Å²) in [6.45, 7) is 2.86. The van der Waals surface area contributed by atoms with Gasteiger partial charge in [0.15, 0.2) is 10.9 Å². The third-order valence-corrected chi connectivity index (χ3v) is 2.74. The van der Waals surface area contributed by atoms with Crippen LogP contribution in [0.3, 0.4) is 0 Å². The summed E-state index contributed by atoms with van der Waals surface area (Å²) in [6.07, 6.45) is 1.90. The van der Waals surface area contributed by atoms with Crippen LogP contribution >= 0.6 is 12.2 Å². The number of nitrogens with zero attached hydrogens (tertiary/aromatic N) is 2. The molecule has 1 aromatic heterocycles. The Morgan fingerprint density at radius 2 is 2.21 bits per heavy atom. The van der Waals surface area contributed by atoms with E-state index in [0.717, 1.165) is 23.8 Å². The van der Waals surface area contributed by atoms with Crippen LogP contribution in [0, 0.1) is 0 Å². The number of rotatable bonds is 4. The largest absolute Gasteiger partial charge is 0.497 e. The Labute approximate surface area is 117 Å². The number of hydrogen-bond donors (Lipinski definition) is 2. The molecule has 0 amide bonds. The van der Waals surface area contributed by atoms with Crippen molar-refractivity contribution in [1.82, 2.24) is 9.78 Å². The molecule has 0 fully saturated rings. The first kappa shape index (κ1) is 13.4. The number of aromatic nitrogens is 2. The normalized spacial score (nSPS) is 10.0. The Morgan fingerprint density at radius 3 is 2.89 bits per heavy atom. The summed E-state index contributed by atoms with van der Waals surface area (Å²) in [6, 6.07) is 9.45. The molecule has 0 bridgehead atoms. The number of methoxy groups -OCH3 is 1. The second-order valence-corrected chi connectivity index (χ2v) is 4.28. The van der Waals surface area contributed by atoms with Crippen LogP contribution in [0.2, 0.25) is 0 Å². The van der Waals surface area contributed by atoms with E-state index < -0.39 is 0 Å². The van der Waals surface area contributed by atoms with Crippen molar-refractivity contribution in [2.24, 2.45) is 0 Å². The minimum absolute atomic E-state index is 0.495. The van der Waals surface area contributed by atoms with Gasteiger partial charge in [0.1, 0.15) is 5.75 Å². The fourth-order valence-electron chi connectivity index (χ4n) is 1.58. The maximum Gasteiger partial charge on any atom is 0.176 e. The molecule has 0 aliphatic heterocycles. The van der Waals surface area contributed by atoms with E-state index in [0.29, 0.717) is 5.11 Å². The van der Waals surface area contributed by atoms with Gasteiger partial charge in [-0.2, -0.15) is 5.10 Å². The summed E-state index contributed by atoms with van der Waals surface area (Å²) in [5.74, 6) is 1.50. The predicted octanol–water partition coefficient (Wildman–Crippen LogP) is 2.72. The van der Waals surface area contributed by atoms with Gasteiger partial charge in [0.2, 0.25) is 0 Å². The van der Waals surface area contributed by atoms with E-state index in [1.807, 2.05) is 48.1 Å². The molecule has 0 aliphatic carbocycles. The van der Waals surface area contributed by atoms with Crippen LogP contribution in [0.5, 0.6) is 5.75 Å². The highest BCUT2D eigenvalue weighted by Crippen LogP contribution is 2.16. The Balaban J connectivity index is 1.96. The van der Waals surface area contributed by atoms with E-state index in [1.165, 1.54) is 0 Å². The van der Waals surface area contributed by atoms with Crippen LogP contribution in [0.4, 0.5) is 11.5 Å². The van der Waals surface area contributed by atoms with Crippen LogP contribution in [-0.4, -0.2) is 22.0 Å². The lowest BCUT2D eigenvalue weighted by atomic mass is 10.3. The quantitative estimate of drug-likeness (QED) is 0.841. The maximum absolute atomic E-state index is 5.23. The number of nitrogens with one attached hydrogen (secondary N) is 2. The molecular formula is C13H16N4OS. The number of benzene rings is 1. The molecule has 5 nitrogen and oxygen atoms in total. The van der Waals surface area contributed by atoms with Crippen LogP contribution in [0.1, 0.15) is 6.92 Å². The molecule has 2 N–H and O–H groups in total. The maximum atomic E-state index is 5.23. The zero-order valence-corrected chi connectivity index (χ0v) is 11.7. The molecule has 0 saturated carbocycles. The Hall–Kier alpha value is -2.08. The standard InChI is InChI=1S/C13H16N4OS/c1-3-17-8-7-12(16-17)15-13(19)14-10-5-4-6-11(9-10)18-2/h4-9H,3H2,1-2H3,(H2,14,15,16,19). The highest BCUT2D eigenvalue weighted by molar-refractivity contribution is 7.80. The highest BCUT2D eigenvalue weighted by atomic mass is 32.1. The first-order chi connectivity index (χ1) is 9.21. The van der Waals surface area contributed by atoms with Crippen LogP contribution in [-0.2, 0) is 6.54 Å². The molecule has 2 rings (SSSR count). The lowest BCUT2D eigenvalue weighted by Crippen LogP contribution is -2.19. The van der Waals surface area contributed by atoms with Crippen LogP contribution < -0.4 is 15.4 Å². The van der Waals surface area contributed by atoms with Gasteiger partial charge >= 0.3 is 0 Å². The SMILES string of the molecule is CCn1ccc(NC(=S)Nc2cccc(OC)c2)n1. The molecule has 0 saturated heterocycles. The van der Waals surface area contributed by atoms with Gasteiger partial charge in [0.25, 0.3) is 0 Å². The Morgan fingerprint density at radius 1 is 1.37 bits per heavy atom. The van der Waals surface area contributed by atoms with Crippen LogP contribution in [0.25, 0.3) is 0 Å². The zero-order valence-electron chi connectivity index (χ0n) is 10.9. The lowest BCUT2D eigenvalue weighted by Gasteiger charge is -2.09. The Bertz CT molecular complexity index is 567. The van der Waals surface area contributed by atoms with Gasteiger partial charge in [-0.05, 0) is 31.3 Å². The number of ether oxygens (including phenoxy) is 1. The van der Waals surface area contributed by atoms with Crippen molar-refractivity contribution in [2.75, 3.05) is 17.7 Å². The average molecular weight is 276 g/mol. The topological polar surface area (TPSA) is 51.1 Å². The van der Waals surface area contributed by atoms with Gasteiger partial charge in [-0.3, -0.25) is 4.68 Å². The first-order valence-corrected chi connectivity index (χ1v) is 6.37. The number of aryl methyl sites for hydroxylation is 1. The summed E-state index contributed by atoms with van der Waals surface area (Å²) in [5, 5.41) is 10.9. The van der Waals surface area contributed by atoms with Gasteiger partial charge in [0.05, 0.1) is 7.11 Å². The van der Waals surface area contributed by atoms with Gasteiger partial charge in [-0.15, -0.1) is 0 Å². The molecule has 2 aromatic rings. The second-order valence-electron chi connectivity index (χ2n) is 3.87. The smallest absolute Gasteiger partial charge is 0.176 e. The van der Waals surface area contributed by atoms with Crippen molar-refractivity contribution in [3.8, 4) is 5.75 Å². The molecular weight excluding hydrogens is 260 g/mol. The number of anilines is 2.